The van der Waals surface area contributed by atoms with Crippen molar-refractivity contribution >= 4 is 35.2 Å². The SMILES string of the molecule is Cc1cc(-c2ccc(C(=O)NCC(=O)O)cc2)c(Cl)cc1C1C(=O)OC2(CCCCC2)C1=O. The Kier molecular flexibility index (Phi) is 6.26. The fourth-order valence-electron chi connectivity index (χ4n) is 4.70. The second-order valence-electron chi connectivity index (χ2n) is 8.62. The van der Waals surface area contributed by atoms with Gasteiger partial charge in [-0.05, 0) is 73.6 Å². The van der Waals surface area contributed by atoms with Gasteiger partial charge >= 0.3 is 11.9 Å². The topological polar surface area (TPSA) is 110 Å². The van der Waals surface area contributed by atoms with E-state index in [0.717, 1.165) is 30.4 Å². The largest absolute Gasteiger partial charge is 0.480 e. The molecular formula is C25H24ClNO6. The van der Waals surface area contributed by atoms with Crippen molar-refractivity contribution in [2.45, 2.75) is 50.5 Å². The Labute approximate surface area is 196 Å². The highest BCUT2D eigenvalue weighted by atomic mass is 35.5. The predicted molar refractivity (Wildman–Crippen MR) is 121 cm³/mol. The van der Waals surface area contributed by atoms with Gasteiger partial charge in [-0.25, -0.2) is 0 Å². The van der Waals surface area contributed by atoms with Gasteiger partial charge in [0.1, 0.15) is 12.5 Å². The summed E-state index contributed by atoms with van der Waals surface area (Å²) < 4.78 is 5.64. The summed E-state index contributed by atoms with van der Waals surface area (Å²) in [6.07, 6.45) is 3.93. The number of amides is 1. The van der Waals surface area contributed by atoms with Gasteiger partial charge < -0.3 is 15.2 Å². The van der Waals surface area contributed by atoms with Crippen LogP contribution in [0.5, 0.6) is 0 Å². The number of aryl methyl sites for hydroxylation is 1. The Morgan fingerprint density at radius 3 is 2.42 bits per heavy atom. The van der Waals surface area contributed by atoms with E-state index < -0.39 is 35.9 Å². The molecule has 1 atom stereocenters. The summed E-state index contributed by atoms with van der Waals surface area (Å²) in [5.41, 5.74) is 2.08. The number of ketones is 1. The summed E-state index contributed by atoms with van der Waals surface area (Å²) >= 11 is 6.57. The Morgan fingerprint density at radius 2 is 1.79 bits per heavy atom. The average molecular weight is 470 g/mol. The van der Waals surface area contributed by atoms with Crippen molar-refractivity contribution < 1.29 is 29.0 Å². The molecule has 172 valence electrons. The molecule has 0 radical (unpaired) electrons. The van der Waals surface area contributed by atoms with Crippen LogP contribution in [-0.4, -0.2) is 40.9 Å². The number of carboxylic acids is 1. The van der Waals surface area contributed by atoms with Gasteiger partial charge in [-0.3, -0.25) is 19.2 Å². The van der Waals surface area contributed by atoms with E-state index >= 15 is 0 Å². The van der Waals surface area contributed by atoms with Crippen LogP contribution < -0.4 is 5.32 Å². The van der Waals surface area contributed by atoms with Crippen LogP contribution in [-0.2, 0) is 19.1 Å². The van der Waals surface area contributed by atoms with Crippen molar-refractivity contribution in [2.24, 2.45) is 0 Å². The Balaban J connectivity index is 1.59. The maximum Gasteiger partial charge on any atom is 0.322 e. The molecule has 0 aromatic heterocycles. The fourth-order valence-corrected chi connectivity index (χ4v) is 4.98. The van der Waals surface area contributed by atoms with Gasteiger partial charge in [-0.15, -0.1) is 0 Å². The number of rotatable bonds is 5. The molecule has 2 aromatic rings. The zero-order valence-electron chi connectivity index (χ0n) is 18.2. The van der Waals surface area contributed by atoms with Crippen molar-refractivity contribution in [3.8, 4) is 11.1 Å². The number of halogens is 1. The maximum atomic E-state index is 13.2. The van der Waals surface area contributed by atoms with Crippen LogP contribution in [0.2, 0.25) is 5.02 Å². The van der Waals surface area contributed by atoms with E-state index in [1.807, 2.05) is 13.0 Å². The number of Topliss-reactive ketones (excluding diaryl/α,β-unsaturated/α-hetero) is 1. The molecular weight excluding hydrogens is 446 g/mol. The fraction of sp³-hybridized carbons (Fsp3) is 0.360. The third kappa shape index (κ3) is 4.37. The molecule has 1 saturated heterocycles. The highest BCUT2D eigenvalue weighted by Crippen LogP contribution is 2.45. The molecule has 1 heterocycles. The van der Waals surface area contributed by atoms with Crippen LogP contribution in [0.3, 0.4) is 0 Å². The number of esters is 1. The lowest BCUT2D eigenvalue weighted by atomic mass is 9.77. The molecule has 2 N–H and O–H groups in total. The number of hydrogen-bond acceptors (Lipinski definition) is 5. The third-order valence-electron chi connectivity index (χ3n) is 6.43. The number of ether oxygens (including phenoxy) is 1. The summed E-state index contributed by atoms with van der Waals surface area (Å²) in [4.78, 5) is 48.6. The zero-order valence-corrected chi connectivity index (χ0v) is 18.9. The summed E-state index contributed by atoms with van der Waals surface area (Å²) in [7, 11) is 0. The van der Waals surface area contributed by atoms with E-state index in [1.165, 1.54) is 0 Å². The van der Waals surface area contributed by atoms with E-state index in [2.05, 4.69) is 5.32 Å². The molecule has 1 saturated carbocycles. The van der Waals surface area contributed by atoms with Crippen LogP contribution in [0.15, 0.2) is 36.4 Å². The molecule has 8 heteroatoms. The summed E-state index contributed by atoms with van der Waals surface area (Å²) in [5, 5.41) is 11.4. The van der Waals surface area contributed by atoms with Crippen LogP contribution >= 0.6 is 11.6 Å². The van der Waals surface area contributed by atoms with Crippen LogP contribution in [0.1, 0.15) is 59.5 Å². The highest BCUT2D eigenvalue weighted by molar-refractivity contribution is 6.33. The van der Waals surface area contributed by atoms with Crippen molar-refractivity contribution in [1.82, 2.24) is 5.32 Å². The summed E-state index contributed by atoms with van der Waals surface area (Å²) in [5.74, 6) is -3.26. The van der Waals surface area contributed by atoms with Gasteiger partial charge in [0.2, 0.25) is 0 Å². The van der Waals surface area contributed by atoms with Gasteiger partial charge in [-0.1, -0.05) is 30.2 Å². The normalized spacial score (nSPS) is 19.4. The van der Waals surface area contributed by atoms with Gasteiger partial charge in [0.25, 0.3) is 5.91 Å². The van der Waals surface area contributed by atoms with Crippen LogP contribution in [0.4, 0.5) is 0 Å². The lowest BCUT2D eigenvalue weighted by molar-refractivity contribution is -0.154. The Bertz CT molecular complexity index is 1130. The van der Waals surface area contributed by atoms with Gasteiger partial charge in [-0.2, -0.15) is 0 Å². The molecule has 2 aliphatic rings. The molecule has 1 amide bonds. The standard InChI is InChI=1S/C25H24ClNO6/c1-14-11-18(15-5-7-16(8-6-15)23(31)27-13-20(28)29)19(26)12-17(14)21-22(30)25(33-24(21)32)9-3-2-4-10-25/h5-8,11-12,21H,2-4,9-10,13H2,1H3,(H,27,31)(H,28,29). The van der Waals surface area contributed by atoms with Gasteiger partial charge in [0.15, 0.2) is 11.4 Å². The first-order valence-corrected chi connectivity index (χ1v) is 11.3. The quantitative estimate of drug-likeness (QED) is 0.505. The smallest absolute Gasteiger partial charge is 0.322 e. The minimum Gasteiger partial charge on any atom is -0.480 e. The molecule has 33 heavy (non-hydrogen) atoms. The zero-order chi connectivity index (χ0) is 23.8. The Hall–Kier alpha value is -3.19. The molecule has 7 nitrogen and oxygen atoms in total. The maximum absolute atomic E-state index is 13.2. The third-order valence-corrected chi connectivity index (χ3v) is 6.74. The minimum atomic E-state index is -1.12. The second kappa shape index (κ2) is 8.98. The van der Waals surface area contributed by atoms with Crippen molar-refractivity contribution in [1.29, 1.82) is 0 Å². The van der Waals surface area contributed by atoms with Crippen LogP contribution in [0, 0.1) is 6.92 Å². The second-order valence-corrected chi connectivity index (χ2v) is 9.02. The molecule has 1 aliphatic heterocycles. The first kappa shape index (κ1) is 23.0. The highest BCUT2D eigenvalue weighted by Gasteiger charge is 2.55. The number of hydrogen-bond donors (Lipinski definition) is 2. The molecule has 2 aromatic carbocycles. The molecule has 1 spiro atoms. The van der Waals surface area contributed by atoms with Gasteiger partial charge in [0, 0.05) is 16.1 Å². The molecule has 4 rings (SSSR count). The van der Waals surface area contributed by atoms with Crippen LogP contribution in [0.25, 0.3) is 11.1 Å². The average Bonchev–Trinajstić information content (AvgIpc) is 3.02. The molecule has 0 bridgehead atoms. The molecule has 1 aliphatic carbocycles. The minimum absolute atomic E-state index is 0.171. The van der Waals surface area contributed by atoms with E-state index in [0.29, 0.717) is 34.6 Å². The van der Waals surface area contributed by atoms with E-state index in [9.17, 15) is 19.2 Å². The first-order valence-electron chi connectivity index (χ1n) is 10.9. The number of carbonyl (C=O) groups is 4. The van der Waals surface area contributed by atoms with Crippen molar-refractivity contribution in [3.05, 3.63) is 58.1 Å². The number of carbonyl (C=O) groups excluding carboxylic acids is 3. The summed E-state index contributed by atoms with van der Waals surface area (Å²) in [6, 6.07) is 10.1. The number of carboxylic acid groups (broad SMARTS) is 1. The lowest BCUT2D eigenvalue weighted by Crippen LogP contribution is -2.39. The predicted octanol–water partition coefficient (Wildman–Crippen LogP) is 4.04. The lowest BCUT2D eigenvalue weighted by Gasteiger charge is -2.29. The van der Waals surface area contributed by atoms with Crippen molar-refractivity contribution in [2.75, 3.05) is 6.54 Å². The first-order chi connectivity index (χ1) is 15.7. The number of benzene rings is 2. The van der Waals surface area contributed by atoms with Crippen molar-refractivity contribution in [3.63, 3.8) is 0 Å². The van der Waals surface area contributed by atoms with E-state index in [4.69, 9.17) is 21.4 Å². The van der Waals surface area contributed by atoms with Gasteiger partial charge in [0.05, 0.1) is 0 Å². The Morgan fingerprint density at radius 1 is 1.12 bits per heavy atom. The molecule has 1 unspecified atom stereocenters. The van der Waals surface area contributed by atoms with E-state index in [1.54, 1.807) is 30.3 Å². The van der Waals surface area contributed by atoms with E-state index in [-0.39, 0.29) is 5.78 Å². The number of nitrogens with one attached hydrogen (secondary N) is 1. The molecule has 2 fully saturated rings. The monoisotopic (exact) mass is 469 g/mol. The summed E-state index contributed by atoms with van der Waals surface area (Å²) in [6.45, 7) is 1.37. The number of aliphatic carboxylic acids is 1.